The average molecular weight is 272 g/mol. The van der Waals surface area contributed by atoms with Crippen molar-refractivity contribution in [2.45, 2.75) is 31.7 Å². The summed E-state index contributed by atoms with van der Waals surface area (Å²) in [5, 5.41) is 9.49. The van der Waals surface area contributed by atoms with E-state index in [9.17, 15) is 4.79 Å². The zero-order valence-corrected chi connectivity index (χ0v) is 11.3. The van der Waals surface area contributed by atoms with Crippen molar-refractivity contribution in [2.24, 2.45) is 5.73 Å². The number of carboxylic acids is 1. The van der Waals surface area contributed by atoms with Crippen molar-refractivity contribution in [2.75, 3.05) is 7.11 Å². The van der Waals surface area contributed by atoms with Crippen LogP contribution in [-0.4, -0.2) is 24.2 Å². The SMILES string of the molecule is CCC(N)C(CC(=O)O)c1c(Cl)cccc1OC. The van der Waals surface area contributed by atoms with E-state index in [1.165, 1.54) is 7.11 Å². The van der Waals surface area contributed by atoms with Crippen molar-refractivity contribution in [3.8, 4) is 5.75 Å². The van der Waals surface area contributed by atoms with Crippen molar-refractivity contribution in [3.63, 3.8) is 0 Å². The molecule has 18 heavy (non-hydrogen) atoms. The van der Waals surface area contributed by atoms with Gasteiger partial charge in [-0.2, -0.15) is 0 Å². The number of carbonyl (C=O) groups is 1. The molecule has 2 atom stereocenters. The van der Waals surface area contributed by atoms with Crippen molar-refractivity contribution in [1.82, 2.24) is 0 Å². The molecule has 0 saturated heterocycles. The molecule has 0 bridgehead atoms. The molecule has 1 rings (SSSR count). The maximum absolute atomic E-state index is 11.0. The first-order chi connectivity index (χ1) is 8.51. The Balaban J connectivity index is 3.23. The lowest BCUT2D eigenvalue weighted by atomic mass is 9.87. The molecular formula is C13H18ClNO3. The van der Waals surface area contributed by atoms with E-state index in [-0.39, 0.29) is 18.4 Å². The fourth-order valence-corrected chi connectivity index (χ4v) is 2.30. The minimum absolute atomic E-state index is 0.0604. The number of rotatable bonds is 6. The number of carboxylic acid groups (broad SMARTS) is 1. The molecule has 4 nitrogen and oxygen atoms in total. The van der Waals surface area contributed by atoms with E-state index in [1.54, 1.807) is 18.2 Å². The fraction of sp³-hybridized carbons (Fsp3) is 0.462. The van der Waals surface area contributed by atoms with E-state index < -0.39 is 5.97 Å². The van der Waals surface area contributed by atoms with Crippen LogP contribution in [0.15, 0.2) is 18.2 Å². The second kappa shape index (κ2) is 6.61. The standard InChI is InChI=1S/C13H18ClNO3/c1-3-10(15)8(7-12(16)17)13-9(14)5-4-6-11(13)18-2/h4-6,8,10H,3,7,15H2,1-2H3,(H,16,17). The molecule has 1 aromatic carbocycles. The number of aliphatic carboxylic acids is 1. The molecule has 0 aromatic heterocycles. The number of hydrogen-bond acceptors (Lipinski definition) is 3. The van der Waals surface area contributed by atoms with Crippen LogP contribution in [0.3, 0.4) is 0 Å². The summed E-state index contributed by atoms with van der Waals surface area (Å²) in [6.07, 6.45) is 0.613. The molecule has 0 aliphatic heterocycles. The summed E-state index contributed by atoms with van der Waals surface area (Å²) < 4.78 is 5.25. The molecule has 2 unspecified atom stereocenters. The van der Waals surface area contributed by atoms with Gasteiger partial charge in [0, 0.05) is 22.5 Å². The molecule has 5 heteroatoms. The van der Waals surface area contributed by atoms with E-state index >= 15 is 0 Å². The summed E-state index contributed by atoms with van der Waals surface area (Å²) in [5.41, 5.74) is 6.69. The minimum Gasteiger partial charge on any atom is -0.496 e. The van der Waals surface area contributed by atoms with Crippen LogP contribution in [-0.2, 0) is 4.79 Å². The van der Waals surface area contributed by atoms with E-state index in [1.807, 2.05) is 6.92 Å². The molecule has 100 valence electrons. The number of ether oxygens (including phenoxy) is 1. The molecule has 0 aliphatic carbocycles. The van der Waals surface area contributed by atoms with E-state index in [4.69, 9.17) is 27.2 Å². The molecule has 1 aromatic rings. The van der Waals surface area contributed by atoms with Crippen LogP contribution >= 0.6 is 11.6 Å². The van der Waals surface area contributed by atoms with Crippen LogP contribution < -0.4 is 10.5 Å². The van der Waals surface area contributed by atoms with Crippen LogP contribution in [0.5, 0.6) is 5.75 Å². The van der Waals surface area contributed by atoms with Gasteiger partial charge in [-0.15, -0.1) is 0 Å². The summed E-state index contributed by atoms with van der Waals surface area (Å²) in [7, 11) is 1.53. The molecule has 3 N–H and O–H groups in total. The number of nitrogens with two attached hydrogens (primary N) is 1. The molecule has 0 fully saturated rings. The summed E-state index contributed by atoms with van der Waals surface area (Å²) in [4.78, 5) is 11.0. The molecule has 0 amide bonds. The summed E-state index contributed by atoms with van der Waals surface area (Å²) >= 11 is 6.16. The lowest BCUT2D eigenvalue weighted by Gasteiger charge is -2.24. The predicted octanol–water partition coefficient (Wildman–Crippen LogP) is 2.64. The number of halogens is 1. The van der Waals surface area contributed by atoms with Gasteiger partial charge in [-0.3, -0.25) is 4.79 Å². The zero-order chi connectivity index (χ0) is 13.7. The van der Waals surface area contributed by atoms with Gasteiger partial charge in [0.2, 0.25) is 0 Å². The Morgan fingerprint density at radius 1 is 1.56 bits per heavy atom. The van der Waals surface area contributed by atoms with Crippen LogP contribution in [0.4, 0.5) is 0 Å². The Kier molecular flexibility index (Phi) is 5.44. The summed E-state index contributed by atoms with van der Waals surface area (Å²) in [6.45, 7) is 1.92. The maximum atomic E-state index is 11.0. The van der Waals surface area contributed by atoms with Gasteiger partial charge in [-0.25, -0.2) is 0 Å². The fourth-order valence-electron chi connectivity index (χ4n) is 2.00. The first kappa shape index (κ1) is 14.8. The highest BCUT2D eigenvalue weighted by Crippen LogP contribution is 2.37. The second-order valence-electron chi connectivity index (χ2n) is 4.13. The van der Waals surface area contributed by atoms with Gasteiger partial charge in [0.1, 0.15) is 5.75 Å². The highest BCUT2D eigenvalue weighted by atomic mass is 35.5. The van der Waals surface area contributed by atoms with Gasteiger partial charge >= 0.3 is 5.97 Å². The smallest absolute Gasteiger partial charge is 0.304 e. The van der Waals surface area contributed by atoms with Gasteiger partial charge in [-0.1, -0.05) is 24.6 Å². The Morgan fingerprint density at radius 3 is 2.72 bits per heavy atom. The summed E-state index contributed by atoms with van der Waals surface area (Å²) in [6, 6.07) is 4.98. The van der Waals surface area contributed by atoms with Crippen LogP contribution in [0, 0.1) is 0 Å². The largest absolute Gasteiger partial charge is 0.496 e. The predicted molar refractivity (Wildman–Crippen MR) is 71.3 cm³/mol. The monoisotopic (exact) mass is 271 g/mol. The van der Waals surface area contributed by atoms with Gasteiger partial charge in [0.05, 0.1) is 13.5 Å². The minimum atomic E-state index is -0.897. The second-order valence-corrected chi connectivity index (χ2v) is 4.54. The zero-order valence-electron chi connectivity index (χ0n) is 10.5. The van der Waals surface area contributed by atoms with Crippen LogP contribution in [0.1, 0.15) is 31.2 Å². The third kappa shape index (κ3) is 3.37. The molecular weight excluding hydrogens is 254 g/mol. The van der Waals surface area contributed by atoms with Crippen LogP contribution in [0.2, 0.25) is 5.02 Å². The topological polar surface area (TPSA) is 72.6 Å². The Bertz CT molecular complexity index is 423. The number of hydrogen-bond donors (Lipinski definition) is 2. The molecule has 0 saturated carbocycles. The highest BCUT2D eigenvalue weighted by Gasteiger charge is 2.26. The molecule has 0 heterocycles. The lowest BCUT2D eigenvalue weighted by molar-refractivity contribution is -0.137. The molecule has 0 aliphatic rings. The van der Waals surface area contributed by atoms with Gasteiger partial charge < -0.3 is 15.6 Å². The Morgan fingerprint density at radius 2 is 2.22 bits per heavy atom. The van der Waals surface area contributed by atoms with Crippen molar-refractivity contribution in [1.29, 1.82) is 0 Å². The third-order valence-electron chi connectivity index (χ3n) is 2.99. The quantitative estimate of drug-likeness (QED) is 0.834. The van der Waals surface area contributed by atoms with Crippen LogP contribution in [0.25, 0.3) is 0 Å². The lowest BCUT2D eigenvalue weighted by Crippen LogP contribution is -2.30. The van der Waals surface area contributed by atoms with Gasteiger partial charge in [0.25, 0.3) is 0 Å². The van der Waals surface area contributed by atoms with Gasteiger partial charge in [-0.05, 0) is 18.6 Å². The van der Waals surface area contributed by atoms with Crippen molar-refractivity contribution < 1.29 is 14.6 Å². The van der Waals surface area contributed by atoms with E-state index in [0.717, 1.165) is 0 Å². The van der Waals surface area contributed by atoms with Gasteiger partial charge in [0.15, 0.2) is 0 Å². The van der Waals surface area contributed by atoms with Crippen molar-refractivity contribution in [3.05, 3.63) is 28.8 Å². The van der Waals surface area contributed by atoms with Crippen molar-refractivity contribution >= 4 is 17.6 Å². The first-order valence-corrected chi connectivity index (χ1v) is 6.18. The number of methoxy groups -OCH3 is 1. The number of benzene rings is 1. The van der Waals surface area contributed by atoms with E-state index in [2.05, 4.69) is 0 Å². The first-order valence-electron chi connectivity index (χ1n) is 5.81. The highest BCUT2D eigenvalue weighted by molar-refractivity contribution is 6.31. The van der Waals surface area contributed by atoms with E-state index in [0.29, 0.717) is 22.8 Å². The molecule has 0 radical (unpaired) electrons. The maximum Gasteiger partial charge on any atom is 0.304 e. The summed E-state index contributed by atoms with van der Waals surface area (Å²) in [5.74, 6) is -0.667. The third-order valence-corrected chi connectivity index (χ3v) is 3.32. The Hall–Kier alpha value is -1.26. The normalized spacial score (nSPS) is 14.0. The Labute approximate surface area is 112 Å². The molecule has 0 spiro atoms. The average Bonchev–Trinajstić information content (AvgIpc) is 2.34.